The number of nitrogens with zero attached hydrogens (tertiary/aromatic N) is 3. The summed E-state index contributed by atoms with van der Waals surface area (Å²) in [5.74, 6) is 2.27. The van der Waals surface area contributed by atoms with E-state index in [0.717, 1.165) is 24.7 Å². The van der Waals surface area contributed by atoms with E-state index in [1.807, 2.05) is 34.0 Å². The smallest absolute Gasteiger partial charge is 0.218 e. The highest BCUT2D eigenvalue weighted by atomic mass is 16.5. The first-order valence-electron chi connectivity index (χ1n) is 5.51. The average Bonchev–Trinajstić information content (AvgIpc) is 2.25. The maximum atomic E-state index is 5.39. The van der Waals surface area contributed by atoms with Crippen LogP contribution in [0.3, 0.4) is 0 Å². The minimum absolute atomic E-state index is 0.621. The summed E-state index contributed by atoms with van der Waals surface area (Å²) >= 11 is 0. The lowest BCUT2D eigenvalue weighted by Crippen LogP contribution is -2.28. The van der Waals surface area contributed by atoms with Crippen LogP contribution in [0.1, 0.15) is 12.7 Å². The Balaban J connectivity index is 2.78. The Morgan fingerprint density at radius 2 is 2.19 bits per heavy atom. The van der Waals surface area contributed by atoms with Gasteiger partial charge < -0.3 is 15.0 Å². The van der Waals surface area contributed by atoms with E-state index in [9.17, 15) is 0 Å². The molecular formula is C11H20N4O. The third-order valence-electron chi connectivity index (χ3n) is 2.18. The number of ether oxygens (including phenoxy) is 1. The van der Waals surface area contributed by atoms with E-state index < -0.39 is 0 Å². The van der Waals surface area contributed by atoms with Crippen molar-refractivity contribution >= 4 is 5.82 Å². The maximum absolute atomic E-state index is 5.39. The van der Waals surface area contributed by atoms with Crippen LogP contribution in [0.2, 0.25) is 0 Å². The fraction of sp³-hybridized carbons (Fsp3) is 0.636. The molecular weight excluding hydrogens is 204 g/mol. The highest BCUT2D eigenvalue weighted by Crippen LogP contribution is 2.15. The number of aryl methyl sites for hydroxylation is 1. The molecule has 16 heavy (non-hydrogen) atoms. The van der Waals surface area contributed by atoms with Crippen molar-refractivity contribution in [2.45, 2.75) is 13.8 Å². The standard InChI is InChI=1S/C11H20N4O/c1-5-16-11-8-10(13-9(2)14-11)15(4)7-6-12-3/h8,12H,5-7H2,1-4H3. The first-order chi connectivity index (χ1) is 7.67. The molecule has 1 rings (SSSR count). The van der Waals surface area contributed by atoms with Gasteiger partial charge in [-0.05, 0) is 20.9 Å². The molecule has 0 radical (unpaired) electrons. The van der Waals surface area contributed by atoms with E-state index in [1.54, 1.807) is 0 Å². The molecule has 90 valence electrons. The van der Waals surface area contributed by atoms with Gasteiger partial charge in [-0.2, -0.15) is 4.98 Å². The van der Waals surface area contributed by atoms with Crippen molar-refractivity contribution in [2.75, 3.05) is 38.7 Å². The molecule has 0 fully saturated rings. The third kappa shape index (κ3) is 3.66. The monoisotopic (exact) mass is 224 g/mol. The zero-order chi connectivity index (χ0) is 12.0. The van der Waals surface area contributed by atoms with E-state index in [1.165, 1.54) is 0 Å². The Bertz CT molecular complexity index is 330. The quantitative estimate of drug-likeness (QED) is 0.776. The van der Waals surface area contributed by atoms with E-state index in [0.29, 0.717) is 12.5 Å². The maximum Gasteiger partial charge on any atom is 0.218 e. The molecule has 0 saturated carbocycles. The van der Waals surface area contributed by atoms with Crippen LogP contribution in [0.5, 0.6) is 5.88 Å². The van der Waals surface area contributed by atoms with Gasteiger partial charge in [0, 0.05) is 26.2 Å². The summed E-state index contributed by atoms with van der Waals surface area (Å²) in [6.07, 6.45) is 0. The minimum atomic E-state index is 0.621. The highest BCUT2D eigenvalue weighted by molar-refractivity contribution is 5.40. The Kier molecular flexibility index (Phi) is 4.98. The summed E-state index contributed by atoms with van der Waals surface area (Å²) < 4.78 is 5.39. The molecule has 0 spiro atoms. The van der Waals surface area contributed by atoms with Crippen molar-refractivity contribution < 1.29 is 4.74 Å². The highest BCUT2D eigenvalue weighted by Gasteiger charge is 2.06. The Hall–Kier alpha value is -1.36. The van der Waals surface area contributed by atoms with Crippen LogP contribution in [0, 0.1) is 6.92 Å². The van der Waals surface area contributed by atoms with Gasteiger partial charge in [-0.15, -0.1) is 0 Å². The zero-order valence-corrected chi connectivity index (χ0v) is 10.4. The molecule has 0 atom stereocenters. The van der Waals surface area contributed by atoms with Crippen molar-refractivity contribution in [1.82, 2.24) is 15.3 Å². The Labute approximate surface area is 96.8 Å². The number of aromatic nitrogens is 2. The lowest BCUT2D eigenvalue weighted by atomic mass is 10.4. The van der Waals surface area contributed by atoms with Crippen LogP contribution in [-0.2, 0) is 0 Å². The lowest BCUT2D eigenvalue weighted by Gasteiger charge is -2.18. The first kappa shape index (κ1) is 12.7. The van der Waals surface area contributed by atoms with Gasteiger partial charge in [0.05, 0.1) is 6.61 Å². The van der Waals surface area contributed by atoms with Crippen molar-refractivity contribution in [1.29, 1.82) is 0 Å². The van der Waals surface area contributed by atoms with E-state index in [2.05, 4.69) is 20.2 Å². The molecule has 0 unspecified atom stereocenters. The predicted octanol–water partition coefficient (Wildman–Crippen LogP) is 0.839. The fourth-order valence-corrected chi connectivity index (χ4v) is 1.34. The largest absolute Gasteiger partial charge is 0.478 e. The third-order valence-corrected chi connectivity index (χ3v) is 2.18. The Morgan fingerprint density at radius 1 is 1.44 bits per heavy atom. The van der Waals surface area contributed by atoms with Gasteiger partial charge in [0.15, 0.2) is 0 Å². The van der Waals surface area contributed by atoms with Gasteiger partial charge in [0.2, 0.25) is 5.88 Å². The zero-order valence-electron chi connectivity index (χ0n) is 10.4. The number of likely N-dealkylation sites (N-methyl/N-ethyl adjacent to an activating group) is 2. The van der Waals surface area contributed by atoms with Crippen molar-refractivity contribution in [3.8, 4) is 5.88 Å². The molecule has 0 saturated heterocycles. The van der Waals surface area contributed by atoms with Crippen molar-refractivity contribution in [3.05, 3.63) is 11.9 Å². The SMILES string of the molecule is CCOc1cc(N(C)CCNC)nc(C)n1. The molecule has 0 aliphatic rings. The van der Waals surface area contributed by atoms with E-state index in [-0.39, 0.29) is 0 Å². The molecule has 1 N–H and O–H groups in total. The van der Waals surface area contributed by atoms with Crippen molar-refractivity contribution in [2.24, 2.45) is 0 Å². The number of rotatable bonds is 6. The van der Waals surface area contributed by atoms with Crippen LogP contribution in [-0.4, -0.2) is 43.8 Å². The van der Waals surface area contributed by atoms with Gasteiger partial charge >= 0.3 is 0 Å². The minimum Gasteiger partial charge on any atom is -0.478 e. The predicted molar refractivity (Wildman–Crippen MR) is 65.1 cm³/mol. The number of anilines is 1. The molecule has 0 aromatic carbocycles. The first-order valence-corrected chi connectivity index (χ1v) is 5.51. The summed E-state index contributed by atoms with van der Waals surface area (Å²) in [4.78, 5) is 10.7. The van der Waals surface area contributed by atoms with E-state index >= 15 is 0 Å². The molecule has 0 aliphatic heterocycles. The van der Waals surface area contributed by atoms with Gasteiger partial charge in [-0.25, -0.2) is 4.98 Å². The van der Waals surface area contributed by atoms with Gasteiger partial charge in [-0.1, -0.05) is 0 Å². The van der Waals surface area contributed by atoms with Crippen LogP contribution in [0.4, 0.5) is 5.82 Å². The fourth-order valence-electron chi connectivity index (χ4n) is 1.34. The average molecular weight is 224 g/mol. The van der Waals surface area contributed by atoms with Gasteiger partial charge in [0.25, 0.3) is 0 Å². The van der Waals surface area contributed by atoms with Crippen LogP contribution < -0.4 is 15.0 Å². The second kappa shape index (κ2) is 6.27. The second-order valence-electron chi connectivity index (χ2n) is 3.57. The van der Waals surface area contributed by atoms with Gasteiger partial charge in [0.1, 0.15) is 11.6 Å². The molecule has 5 nitrogen and oxygen atoms in total. The molecule has 0 aliphatic carbocycles. The summed E-state index contributed by atoms with van der Waals surface area (Å²) in [6.45, 7) is 6.26. The van der Waals surface area contributed by atoms with Gasteiger partial charge in [-0.3, -0.25) is 0 Å². The molecule has 1 heterocycles. The topological polar surface area (TPSA) is 50.3 Å². The van der Waals surface area contributed by atoms with Crippen LogP contribution in [0.25, 0.3) is 0 Å². The number of nitrogens with one attached hydrogen (secondary N) is 1. The molecule has 5 heteroatoms. The molecule has 1 aromatic heterocycles. The molecule has 1 aromatic rings. The summed E-state index contributed by atoms with van der Waals surface area (Å²) in [7, 11) is 3.94. The molecule has 0 bridgehead atoms. The normalized spacial score (nSPS) is 10.2. The molecule has 0 amide bonds. The van der Waals surface area contributed by atoms with Crippen LogP contribution >= 0.6 is 0 Å². The summed E-state index contributed by atoms with van der Waals surface area (Å²) in [5, 5.41) is 3.11. The summed E-state index contributed by atoms with van der Waals surface area (Å²) in [5.41, 5.74) is 0. The van der Waals surface area contributed by atoms with Crippen LogP contribution in [0.15, 0.2) is 6.07 Å². The second-order valence-corrected chi connectivity index (χ2v) is 3.57. The number of hydrogen-bond donors (Lipinski definition) is 1. The van der Waals surface area contributed by atoms with E-state index in [4.69, 9.17) is 4.74 Å². The van der Waals surface area contributed by atoms with Crippen molar-refractivity contribution in [3.63, 3.8) is 0 Å². The summed E-state index contributed by atoms with van der Waals surface area (Å²) in [6, 6.07) is 1.87. The lowest BCUT2D eigenvalue weighted by molar-refractivity contribution is 0.325. The Morgan fingerprint density at radius 3 is 2.81 bits per heavy atom. The number of hydrogen-bond acceptors (Lipinski definition) is 5.